The zero-order valence-corrected chi connectivity index (χ0v) is 10.1. The third-order valence-corrected chi connectivity index (χ3v) is 3.01. The van der Waals surface area contributed by atoms with Gasteiger partial charge in [-0.2, -0.15) is 5.10 Å². The van der Waals surface area contributed by atoms with Crippen LogP contribution in [-0.2, 0) is 7.05 Å². The SMILES string of the molecule is COc1c(NN)ncnc1Sc1ncnn1C. The zero-order valence-electron chi connectivity index (χ0n) is 9.28. The molecule has 0 atom stereocenters. The molecular formula is C8H11N7OS. The molecule has 0 aromatic carbocycles. The maximum Gasteiger partial charge on any atom is 0.195 e. The van der Waals surface area contributed by atoms with Gasteiger partial charge in [-0.15, -0.1) is 0 Å². The Kier molecular flexibility index (Phi) is 3.40. The Hall–Kier alpha value is -1.87. The minimum atomic E-state index is 0.423. The lowest BCUT2D eigenvalue weighted by Gasteiger charge is -2.09. The van der Waals surface area contributed by atoms with E-state index in [0.29, 0.717) is 21.7 Å². The van der Waals surface area contributed by atoms with Crippen molar-refractivity contribution in [2.24, 2.45) is 12.9 Å². The van der Waals surface area contributed by atoms with Crippen LogP contribution in [0.15, 0.2) is 22.8 Å². The predicted molar refractivity (Wildman–Crippen MR) is 61.5 cm³/mol. The second-order valence-corrected chi connectivity index (χ2v) is 3.93. The Morgan fingerprint density at radius 3 is 2.76 bits per heavy atom. The van der Waals surface area contributed by atoms with Crippen molar-refractivity contribution in [2.75, 3.05) is 12.5 Å². The zero-order chi connectivity index (χ0) is 12.3. The second kappa shape index (κ2) is 4.97. The van der Waals surface area contributed by atoms with Crippen LogP contribution in [0.1, 0.15) is 0 Å². The number of hydrazine groups is 1. The van der Waals surface area contributed by atoms with Crippen molar-refractivity contribution < 1.29 is 4.74 Å². The lowest BCUT2D eigenvalue weighted by Crippen LogP contribution is -2.11. The van der Waals surface area contributed by atoms with E-state index >= 15 is 0 Å². The third kappa shape index (κ3) is 2.29. The molecule has 8 nitrogen and oxygen atoms in total. The molecule has 0 aliphatic carbocycles. The summed E-state index contributed by atoms with van der Waals surface area (Å²) in [7, 11) is 3.32. The smallest absolute Gasteiger partial charge is 0.195 e. The number of aryl methyl sites for hydroxylation is 1. The largest absolute Gasteiger partial charge is 0.490 e. The van der Waals surface area contributed by atoms with Gasteiger partial charge in [-0.05, 0) is 11.8 Å². The first kappa shape index (κ1) is 11.6. The average molecular weight is 253 g/mol. The Labute approximate surface area is 102 Å². The molecule has 0 aliphatic heterocycles. The minimum Gasteiger partial charge on any atom is -0.490 e. The number of anilines is 1. The van der Waals surface area contributed by atoms with E-state index in [0.717, 1.165) is 0 Å². The highest BCUT2D eigenvalue weighted by molar-refractivity contribution is 7.99. The van der Waals surface area contributed by atoms with Crippen LogP contribution in [0.5, 0.6) is 5.75 Å². The van der Waals surface area contributed by atoms with Gasteiger partial charge >= 0.3 is 0 Å². The molecule has 0 saturated carbocycles. The molecule has 0 spiro atoms. The highest BCUT2D eigenvalue weighted by atomic mass is 32.2. The van der Waals surface area contributed by atoms with Gasteiger partial charge < -0.3 is 10.2 Å². The maximum atomic E-state index is 5.34. The Morgan fingerprint density at radius 1 is 1.35 bits per heavy atom. The molecule has 2 aromatic rings. The summed E-state index contributed by atoms with van der Waals surface area (Å²) < 4.78 is 6.85. The van der Waals surface area contributed by atoms with Gasteiger partial charge in [0, 0.05) is 7.05 Å². The summed E-state index contributed by atoms with van der Waals surface area (Å²) in [6.07, 6.45) is 2.87. The van der Waals surface area contributed by atoms with Gasteiger partial charge in [-0.1, -0.05) is 0 Å². The number of hydrogen-bond donors (Lipinski definition) is 2. The van der Waals surface area contributed by atoms with Gasteiger partial charge in [0.2, 0.25) is 0 Å². The summed E-state index contributed by atoms with van der Waals surface area (Å²) >= 11 is 1.32. The highest BCUT2D eigenvalue weighted by Crippen LogP contribution is 2.34. The number of nitrogens with zero attached hydrogens (tertiary/aromatic N) is 5. The molecular weight excluding hydrogens is 242 g/mol. The number of rotatable bonds is 4. The monoisotopic (exact) mass is 253 g/mol. The average Bonchev–Trinajstić information content (AvgIpc) is 2.74. The summed E-state index contributed by atoms with van der Waals surface area (Å²) in [5.41, 5.74) is 2.45. The number of hydrogen-bond acceptors (Lipinski definition) is 8. The molecule has 90 valence electrons. The second-order valence-electron chi connectivity index (χ2n) is 2.97. The Bertz CT molecular complexity index is 514. The van der Waals surface area contributed by atoms with Crippen LogP contribution in [0, 0.1) is 0 Å². The molecule has 0 unspecified atom stereocenters. The van der Waals surface area contributed by atoms with Gasteiger partial charge in [0.25, 0.3) is 0 Å². The van der Waals surface area contributed by atoms with Crippen molar-refractivity contribution in [3.8, 4) is 5.75 Å². The Balaban J connectivity index is 2.36. The van der Waals surface area contributed by atoms with Gasteiger partial charge in [0.15, 0.2) is 21.7 Å². The molecule has 0 aliphatic rings. The number of methoxy groups -OCH3 is 1. The van der Waals surface area contributed by atoms with Gasteiger partial charge in [0.1, 0.15) is 12.7 Å². The number of nitrogens with one attached hydrogen (secondary N) is 1. The molecule has 3 N–H and O–H groups in total. The molecule has 2 heterocycles. The van der Waals surface area contributed by atoms with Crippen molar-refractivity contribution in [3.63, 3.8) is 0 Å². The van der Waals surface area contributed by atoms with Crippen LogP contribution < -0.4 is 16.0 Å². The lowest BCUT2D eigenvalue weighted by molar-refractivity contribution is 0.400. The van der Waals surface area contributed by atoms with Crippen LogP contribution in [-0.4, -0.2) is 31.8 Å². The first-order valence-corrected chi connectivity index (χ1v) is 5.45. The van der Waals surface area contributed by atoms with Gasteiger partial charge in [0.05, 0.1) is 7.11 Å². The van der Waals surface area contributed by atoms with Gasteiger partial charge in [-0.25, -0.2) is 25.5 Å². The minimum absolute atomic E-state index is 0.423. The number of nitrogens with two attached hydrogens (primary N) is 1. The van der Waals surface area contributed by atoms with Crippen molar-refractivity contribution in [1.82, 2.24) is 24.7 Å². The normalized spacial score (nSPS) is 10.3. The van der Waals surface area contributed by atoms with E-state index in [-0.39, 0.29) is 0 Å². The molecule has 17 heavy (non-hydrogen) atoms. The molecule has 0 bridgehead atoms. The molecule has 0 radical (unpaired) electrons. The van der Waals surface area contributed by atoms with E-state index in [1.54, 1.807) is 11.7 Å². The van der Waals surface area contributed by atoms with Crippen LogP contribution in [0.2, 0.25) is 0 Å². The summed E-state index contributed by atoms with van der Waals surface area (Å²) in [6, 6.07) is 0. The maximum absolute atomic E-state index is 5.34. The number of ether oxygens (including phenoxy) is 1. The van der Waals surface area contributed by atoms with Crippen LogP contribution in [0.4, 0.5) is 5.82 Å². The molecule has 0 saturated heterocycles. The molecule has 2 rings (SSSR count). The molecule has 2 aromatic heterocycles. The molecule has 0 amide bonds. The molecule has 9 heteroatoms. The molecule has 0 fully saturated rings. The van der Waals surface area contributed by atoms with Crippen molar-refractivity contribution >= 4 is 17.6 Å². The summed E-state index contributed by atoms with van der Waals surface area (Å²) in [4.78, 5) is 12.2. The first-order valence-electron chi connectivity index (χ1n) is 4.63. The number of aromatic nitrogens is 5. The Morgan fingerprint density at radius 2 is 2.18 bits per heavy atom. The summed E-state index contributed by atoms with van der Waals surface area (Å²) in [6.45, 7) is 0. The van der Waals surface area contributed by atoms with E-state index < -0.39 is 0 Å². The van der Waals surface area contributed by atoms with E-state index in [1.807, 2.05) is 0 Å². The van der Waals surface area contributed by atoms with Gasteiger partial charge in [-0.3, -0.25) is 0 Å². The summed E-state index contributed by atoms with van der Waals surface area (Å²) in [5.74, 6) is 6.23. The van der Waals surface area contributed by atoms with Crippen molar-refractivity contribution in [3.05, 3.63) is 12.7 Å². The van der Waals surface area contributed by atoms with Crippen LogP contribution in [0.25, 0.3) is 0 Å². The van der Waals surface area contributed by atoms with Crippen LogP contribution >= 0.6 is 11.8 Å². The topological polar surface area (TPSA) is 104 Å². The fourth-order valence-electron chi connectivity index (χ4n) is 1.18. The van der Waals surface area contributed by atoms with Crippen LogP contribution in [0.3, 0.4) is 0 Å². The van der Waals surface area contributed by atoms with E-state index in [4.69, 9.17) is 10.6 Å². The van der Waals surface area contributed by atoms with E-state index in [2.05, 4.69) is 25.5 Å². The highest BCUT2D eigenvalue weighted by Gasteiger charge is 2.14. The quantitative estimate of drug-likeness (QED) is 0.447. The predicted octanol–water partition coefficient (Wildman–Crippen LogP) is 0.0505. The third-order valence-electron chi connectivity index (χ3n) is 1.97. The van der Waals surface area contributed by atoms with Crippen molar-refractivity contribution in [1.29, 1.82) is 0 Å². The first-order chi connectivity index (χ1) is 8.26. The fourth-order valence-corrected chi connectivity index (χ4v) is 2.01. The van der Waals surface area contributed by atoms with Crippen molar-refractivity contribution in [2.45, 2.75) is 10.2 Å². The lowest BCUT2D eigenvalue weighted by atomic mass is 10.5. The van der Waals surface area contributed by atoms with E-state index in [1.165, 1.54) is 31.5 Å². The van der Waals surface area contributed by atoms with E-state index in [9.17, 15) is 0 Å². The number of nitrogen functional groups attached to an aromatic ring is 1. The summed E-state index contributed by atoms with van der Waals surface area (Å²) in [5, 5.41) is 5.29. The fraction of sp³-hybridized carbons (Fsp3) is 0.250. The standard InChI is InChI=1S/C8H11N7OS/c1-15-8(12-4-13-15)17-7-5(16-2)6(14-9)10-3-11-7/h3-4H,9H2,1-2H3,(H,10,11,14).